The van der Waals surface area contributed by atoms with Gasteiger partial charge in [0, 0.05) is 23.7 Å². The second-order valence-electron chi connectivity index (χ2n) is 9.09. The lowest BCUT2D eigenvalue weighted by atomic mass is 9.87. The number of piperidine rings is 1. The average molecular weight is 443 g/mol. The van der Waals surface area contributed by atoms with Gasteiger partial charge in [-0.2, -0.15) is 0 Å². The van der Waals surface area contributed by atoms with Crippen LogP contribution in [0, 0.1) is 5.92 Å². The first-order chi connectivity index (χ1) is 14.7. The van der Waals surface area contributed by atoms with Gasteiger partial charge in [-0.05, 0) is 75.8 Å². The summed E-state index contributed by atoms with van der Waals surface area (Å²) in [6.45, 7) is 6.99. The number of ether oxygens (including phenoxy) is 1. The standard InChI is InChI=1S/C25H31ClN2O3/c1-25(2,3)31-24(30)28-15-13-18(14-16-28)17-22(19-7-5-4-6-8-19)27-23(29)20-9-11-21(26)12-10-20/h4-12,18,22H,13-17H2,1-3H3,(H,27,29)/t22-/m1/s1. The average Bonchev–Trinajstić information content (AvgIpc) is 2.73. The molecule has 2 aromatic rings. The summed E-state index contributed by atoms with van der Waals surface area (Å²) in [6, 6.07) is 16.9. The molecule has 2 amide bonds. The van der Waals surface area contributed by atoms with E-state index in [-0.39, 0.29) is 18.0 Å². The summed E-state index contributed by atoms with van der Waals surface area (Å²) >= 11 is 5.95. The third-order valence-electron chi connectivity index (χ3n) is 5.45. The topological polar surface area (TPSA) is 58.6 Å². The maximum atomic E-state index is 12.8. The van der Waals surface area contributed by atoms with Gasteiger partial charge in [-0.3, -0.25) is 4.79 Å². The van der Waals surface area contributed by atoms with Gasteiger partial charge < -0.3 is 15.0 Å². The normalized spacial score (nSPS) is 15.9. The van der Waals surface area contributed by atoms with Crippen molar-refractivity contribution >= 4 is 23.6 Å². The molecule has 0 radical (unpaired) electrons. The zero-order valence-corrected chi connectivity index (χ0v) is 19.2. The molecule has 31 heavy (non-hydrogen) atoms. The van der Waals surface area contributed by atoms with Gasteiger partial charge in [-0.25, -0.2) is 4.79 Å². The van der Waals surface area contributed by atoms with Crippen LogP contribution in [-0.2, 0) is 4.74 Å². The summed E-state index contributed by atoms with van der Waals surface area (Å²) in [5, 5.41) is 3.80. The van der Waals surface area contributed by atoms with E-state index in [1.165, 1.54) is 0 Å². The Kier molecular flexibility index (Phi) is 7.60. The predicted molar refractivity (Wildman–Crippen MR) is 123 cm³/mol. The molecule has 0 aliphatic carbocycles. The van der Waals surface area contributed by atoms with Crippen LogP contribution in [0.1, 0.15) is 62.0 Å². The van der Waals surface area contributed by atoms with Gasteiger partial charge >= 0.3 is 6.09 Å². The molecule has 166 valence electrons. The van der Waals surface area contributed by atoms with E-state index in [0.29, 0.717) is 29.6 Å². The lowest BCUT2D eigenvalue weighted by molar-refractivity contribution is 0.0178. The third kappa shape index (κ3) is 7.00. The van der Waals surface area contributed by atoms with Crippen LogP contribution >= 0.6 is 11.6 Å². The lowest BCUT2D eigenvalue weighted by Crippen LogP contribution is -2.42. The van der Waals surface area contributed by atoms with E-state index < -0.39 is 5.60 Å². The minimum atomic E-state index is -0.488. The number of halogens is 1. The number of carbonyl (C=O) groups is 2. The number of benzene rings is 2. The molecule has 0 bridgehead atoms. The van der Waals surface area contributed by atoms with Crippen molar-refractivity contribution < 1.29 is 14.3 Å². The molecule has 5 nitrogen and oxygen atoms in total. The highest BCUT2D eigenvalue weighted by molar-refractivity contribution is 6.30. The van der Waals surface area contributed by atoms with Gasteiger partial charge in [-0.15, -0.1) is 0 Å². The molecule has 0 spiro atoms. The molecule has 0 unspecified atom stereocenters. The first-order valence-electron chi connectivity index (χ1n) is 10.8. The highest BCUT2D eigenvalue weighted by Crippen LogP contribution is 2.29. The highest BCUT2D eigenvalue weighted by atomic mass is 35.5. The third-order valence-corrected chi connectivity index (χ3v) is 5.70. The molecular weight excluding hydrogens is 412 g/mol. The number of amides is 2. The monoisotopic (exact) mass is 442 g/mol. The zero-order valence-electron chi connectivity index (χ0n) is 18.4. The number of rotatable bonds is 5. The Hall–Kier alpha value is -2.53. The Labute approximate surface area is 189 Å². The smallest absolute Gasteiger partial charge is 0.410 e. The van der Waals surface area contributed by atoms with Gasteiger partial charge in [0.15, 0.2) is 0 Å². The van der Waals surface area contributed by atoms with Gasteiger partial charge in [0.25, 0.3) is 5.91 Å². The summed E-state index contributed by atoms with van der Waals surface area (Å²) in [6.07, 6.45) is 2.35. The maximum absolute atomic E-state index is 12.8. The molecule has 0 aromatic heterocycles. The van der Waals surface area contributed by atoms with Crippen molar-refractivity contribution in [2.75, 3.05) is 13.1 Å². The molecule has 1 aliphatic heterocycles. The minimum absolute atomic E-state index is 0.0949. The van der Waals surface area contributed by atoms with Gasteiger partial charge in [-0.1, -0.05) is 41.9 Å². The Bertz CT molecular complexity index is 870. The van der Waals surface area contributed by atoms with Crippen LogP contribution in [0.25, 0.3) is 0 Å². The molecule has 1 N–H and O–H groups in total. The fourth-order valence-electron chi connectivity index (χ4n) is 3.82. The molecule has 1 aliphatic rings. The molecule has 0 saturated carbocycles. The van der Waals surface area contributed by atoms with Gasteiger partial charge in [0.05, 0.1) is 6.04 Å². The Balaban J connectivity index is 1.63. The Morgan fingerprint density at radius 2 is 1.68 bits per heavy atom. The van der Waals surface area contributed by atoms with E-state index in [1.54, 1.807) is 29.2 Å². The Morgan fingerprint density at radius 1 is 1.06 bits per heavy atom. The molecule has 6 heteroatoms. The van der Waals surface area contributed by atoms with E-state index in [1.807, 2.05) is 51.1 Å². The fourth-order valence-corrected chi connectivity index (χ4v) is 3.94. The van der Waals surface area contributed by atoms with Crippen molar-refractivity contribution in [2.24, 2.45) is 5.92 Å². The molecule has 1 fully saturated rings. The van der Waals surface area contributed by atoms with E-state index in [0.717, 1.165) is 24.8 Å². The van der Waals surface area contributed by atoms with Crippen LogP contribution in [0.15, 0.2) is 54.6 Å². The van der Waals surface area contributed by atoms with Crippen LogP contribution in [0.2, 0.25) is 5.02 Å². The SMILES string of the molecule is CC(C)(C)OC(=O)N1CCC(C[C@@H](NC(=O)c2ccc(Cl)cc2)c2ccccc2)CC1. The zero-order chi connectivity index (χ0) is 22.4. The number of nitrogens with zero attached hydrogens (tertiary/aromatic N) is 1. The van der Waals surface area contributed by atoms with Crippen molar-refractivity contribution in [3.8, 4) is 0 Å². The highest BCUT2D eigenvalue weighted by Gasteiger charge is 2.29. The molecule has 1 heterocycles. The van der Waals surface area contributed by atoms with Crippen molar-refractivity contribution in [1.82, 2.24) is 10.2 Å². The number of likely N-dealkylation sites (tertiary alicyclic amines) is 1. The van der Waals surface area contributed by atoms with E-state index in [2.05, 4.69) is 5.32 Å². The molecule has 1 atom stereocenters. The summed E-state index contributed by atoms with van der Waals surface area (Å²) < 4.78 is 5.49. The summed E-state index contributed by atoms with van der Waals surface area (Å²) in [7, 11) is 0. The molecular formula is C25H31ClN2O3. The van der Waals surface area contributed by atoms with Crippen LogP contribution in [-0.4, -0.2) is 35.6 Å². The van der Waals surface area contributed by atoms with Crippen molar-refractivity contribution in [2.45, 2.75) is 51.7 Å². The first-order valence-corrected chi connectivity index (χ1v) is 11.2. The number of hydrogen-bond donors (Lipinski definition) is 1. The van der Waals surface area contributed by atoms with Crippen molar-refractivity contribution in [1.29, 1.82) is 0 Å². The minimum Gasteiger partial charge on any atom is -0.444 e. The summed E-state index contributed by atoms with van der Waals surface area (Å²) in [5.74, 6) is 0.297. The fraction of sp³-hybridized carbons (Fsp3) is 0.440. The van der Waals surface area contributed by atoms with Crippen molar-refractivity contribution in [3.05, 3.63) is 70.7 Å². The van der Waals surface area contributed by atoms with Crippen LogP contribution in [0.4, 0.5) is 4.79 Å². The van der Waals surface area contributed by atoms with E-state index >= 15 is 0 Å². The van der Waals surface area contributed by atoms with Crippen molar-refractivity contribution in [3.63, 3.8) is 0 Å². The summed E-state index contributed by atoms with van der Waals surface area (Å²) in [5.41, 5.74) is 1.18. The maximum Gasteiger partial charge on any atom is 0.410 e. The van der Waals surface area contributed by atoms with Crippen LogP contribution < -0.4 is 5.32 Å². The Morgan fingerprint density at radius 3 is 2.26 bits per heavy atom. The molecule has 1 saturated heterocycles. The number of carbonyl (C=O) groups excluding carboxylic acids is 2. The summed E-state index contributed by atoms with van der Waals surface area (Å²) in [4.78, 5) is 26.9. The van der Waals surface area contributed by atoms with Crippen LogP contribution in [0.5, 0.6) is 0 Å². The van der Waals surface area contributed by atoms with E-state index in [4.69, 9.17) is 16.3 Å². The first kappa shape index (κ1) is 23.1. The molecule has 3 rings (SSSR count). The van der Waals surface area contributed by atoms with Gasteiger partial charge in [0.2, 0.25) is 0 Å². The predicted octanol–water partition coefficient (Wildman–Crippen LogP) is 5.85. The van der Waals surface area contributed by atoms with Gasteiger partial charge in [0.1, 0.15) is 5.60 Å². The number of hydrogen-bond acceptors (Lipinski definition) is 3. The molecule has 2 aromatic carbocycles. The largest absolute Gasteiger partial charge is 0.444 e. The second kappa shape index (κ2) is 10.2. The van der Waals surface area contributed by atoms with Crippen LogP contribution in [0.3, 0.4) is 0 Å². The van der Waals surface area contributed by atoms with E-state index in [9.17, 15) is 9.59 Å². The second-order valence-corrected chi connectivity index (χ2v) is 9.53. The number of nitrogens with one attached hydrogen (secondary N) is 1. The lowest BCUT2D eigenvalue weighted by Gasteiger charge is -2.35. The quantitative estimate of drug-likeness (QED) is 0.631.